The molecule has 2 aliphatic rings. The van der Waals surface area contributed by atoms with Gasteiger partial charge in [-0.2, -0.15) is 13.2 Å². The lowest BCUT2D eigenvalue weighted by Crippen LogP contribution is -2.55. The van der Waals surface area contributed by atoms with Crippen LogP contribution in [0, 0.1) is 11.6 Å². The Morgan fingerprint density at radius 2 is 1.51 bits per heavy atom. The second-order valence-corrected chi connectivity index (χ2v) is 10.3. The molecule has 12 heteroatoms. The van der Waals surface area contributed by atoms with Crippen molar-refractivity contribution < 1.29 is 45.9 Å². The first-order valence-corrected chi connectivity index (χ1v) is 13.6. The van der Waals surface area contributed by atoms with E-state index in [1.54, 1.807) is 29.2 Å². The minimum atomic E-state index is -4.49. The maximum Gasteiger partial charge on any atom is 0.421 e. The molecule has 0 aromatic heterocycles. The molecular formula is C31H27F5N2O5. The van der Waals surface area contributed by atoms with Crippen LogP contribution in [0.5, 0.6) is 0 Å². The number of likely N-dealkylation sites (tertiary alicyclic amines) is 1. The quantitative estimate of drug-likeness (QED) is 0.124. The number of piperidine rings is 1. The number of rotatable bonds is 9. The fourth-order valence-corrected chi connectivity index (χ4v) is 5.29. The van der Waals surface area contributed by atoms with Gasteiger partial charge in [-0.3, -0.25) is 0 Å². The number of benzene rings is 3. The molecule has 2 heterocycles. The Morgan fingerprint density at radius 3 is 2.09 bits per heavy atom. The van der Waals surface area contributed by atoms with Crippen LogP contribution in [0.4, 0.5) is 22.0 Å². The van der Waals surface area contributed by atoms with Crippen LogP contribution >= 0.6 is 0 Å². The highest BCUT2D eigenvalue weighted by Gasteiger charge is 2.55. The second kappa shape index (κ2) is 12.5. The van der Waals surface area contributed by atoms with Crippen LogP contribution in [0.1, 0.15) is 53.9 Å². The van der Waals surface area contributed by atoms with E-state index in [1.165, 1.54) is 36.4 Å². The van der Waals surface area contributed by atoms with Gasteiger partial charge in [0.25, 0.3) is 0 Å². The average molecular weight is 603 g/mol. The largest absolute Gasteiger partial charge is 0.421 e. The third kappa shape index (κ3) is 7.19. The lowest BCUT2D eigenvalue weighted by Gasteiger charge is -2.40. The molecule has 7 nitrogen and oxygen atoms in total. The van der Waals surface area contributed by atoms with Crippen molar-refractivity contribution in [2.45, 2.75) is 50.3 Å². The number of alkyl halides is 3. The number of esters is 2. The van der Waals surface area contributed by atoms with Gasteiger partial charge < -0.3 is 14.3 Å². The zero-order valence-corrected chi connectivity index (χ0v) is 22.8. The van der Waals surface area contributed by atoms with Crippen LogP contribution < -0.4 is 0 Å². The summed E-state index contributed by atoms with van der Waals surface area (Å²) in [7, 11) is 0. The predicted octanol–water partition coefficient (Wildman–Crippen LogP) is 6.32. The summed E-state index contributed by atoms with van der Waals surface area (Å²) < 4.78 is 77.0. The van der Waals surface area contributed by atoms with Crippen LogP contribution in [0.3, 0.4) is 0 Å². The van der Waals surface area contributed by atoms with Crippen molar-refractivity contribution in [2.75, 3.05) is 13.1 Å². The lowest BCUT2D eigenvalue weighted by molar-refractivity contribution is -0.250. The first-order valence-electron chi connectivity index (χ1n) is 13.6. The third-order valence-corrected chi connectivity index (χ3v) is 7.40. The van der Waals surface area contributed by atoms with Gasteiger partial charge in [-0.15, -0.1) is 0 Å². The molecule has 0 N–H and O–H groups in total. The number of hydrogen-bond acceptors (Lipinski definition) is 7. The van der Waals surface area contributed by atoms with E-state index in [-0.39, 0.29) is 42.7 Å². The van der Waals surface area contributed by atoms with Gasteiger partial charge in [0.1, 0.15) is 18.2 Å². The lowest BCUT2D eigenvalue weighted by atomic mass is 9.87. The summed E-state index contributed by atoms with van der Waals surface area (Å²) in [6.07, 6.45) is -3.14. The molecule has 3 aromatic rings. The monoisotopic (exact) mass is 602 g/mol. The highest BCUT2D eigenvalue weighted by molar-refractivity contribution is 6.31. The highest BCUT2D eigenvalue weighted by atomic mass is 19.4. The first-order chi connectivity index (χ1) is 20.5. The first kappa shape index (κ1) is 30.1. The normalized spacial score (nSPS) is 17.9. The maximum atomic E-state index is 13.6. The molecular weight excluding hydrogens is 575 g/mol. The van der Waals surface area contributed by atoms with Gasteiger partial charge in [0.15, 0.2) is 0 Å². The van der Waals surface area contributed by atoms with E-state index in [9.17, 15) is 31.5 Å². The van der Waals surface area contributed by atoms with E-state index in [0.717, 1.165) is 23.3 Å². The Labute approximate surface area is 243 Å². The fraction of sp³-hybridized carbons (Fsp3) is 0.323. The molecule has 1 spiro atoms. The average Bonchev–Trinajstić information content (AvgIpc) is 3.25. The zero-order valence-electron chi connectivity index (χ0n) is 22.8. The minimum Gasteiger partial charge on any atom is -0.399 e. The third-order valence-electron chi connectivity index (χ3n) is 7.40. The summed E-state index contributed by atoms with van der Waals surface area (Å²) >= 11 is 0. The van der Waals surface area contributed by atoms with Gasteiger partial charge >= 0.3 is 24.0 Å². The van der Waals surface area contributed by atoms with Gasteiger partial charge in [0.05, 0.1) is 17.7 Å². The topological polar surface area (TPSA) is 77.4 Å². The molecule has 5 rings (SSSR count). The zero-order chi connectivity index (χ0) is 30.6. The Balaban J connectivity index is 1.26. The molecule has 2 aliphatic heterocycles. The van der Waals surface area contributed by atoms with Gasteiger partial charge in [-0.25, -0.2) is 23.3 Å². The van der Waals surface area contributed by atoms with Gasteiger partial charge in [0.2, 0.25) is 0 Å². The molecule has 0 amide bonds. The van der Waals surface area contributed by atoms with Gasteiger partial charge in [-0.05, 0) is 65.9 Å². The molecule has 0 saturated carbocycles. The van der Waals surface area contributed by atoms with Crippen LogP contribution in [0.2, 0.25) is 0 Å². The molecule has 0 radical (unpaired) electrons. The van der Waals surface area contributed by atoms with E-state index in [2.05, 4.69) is 5.16 Å². The number of hydrogen-bond donors (Lipinski definition) is 0. The molecule has 2 fully saturated rings. The molecule has 0 aliphatic carbocycles. The minimum absolute atomic E-state index is 0.105. The standard InChI is InChI=1S/C31H27F5N2O5/c32-24-10-6-21(7-11-24)27(22-8-12-25(33)13-9-22)5-2-15-38-16-14-26(18-30(38)42-28(39)29(40)43-30)37-41-19-20-3-1-4-23(17-20)31(34,35)36/h1,3-4,6-13,17,27H,2,5,14-16,18-19H2/b37-26+. The fourth-order valence-electron chi connectivity index (χ4n) is 5.29. The second-order valence-electron chi connectivity index (χ2n) is 10.3. The van der Waals surface area contributed by atoms with Gasteiger partial charge in [0, 0.05) is 25.4 Å². The molecule has 43 heavy (non-hydrogen) atoms. The van der Waals surface area contributed by atoms with E-state index in [1.807, 2.05) is 0 Å². The maximum absolute atomic E-state index is 13.6. The van der Waals surface area contributed by atoms with Crippen LogP contribution in [0.25, 0.3) is 0 Å². The Bertz CT molecular complexity index is 1430. The van der Waals surface area contributed by atoms with Crippen molar-refractivity contribution in [1.82, 2.24) is 4.90 Å². The predicted molar refractivity (Wildman–Crippen MR) is 143 cm³/mol. The van der Waals surface area contributed by atoms with Crippen molar-refractivity contribution in [1.29, 1.82) is 0 Å². The molecule has 0 unspecified atom stereocenters. The van der Waals surface area contributed by atoms with E-state index < -0.39 is 29.6 Å². The van der Waals surface area contributed by atoms with Crippen LogP contribution in [-0.2, 0) is 36.7 Å². The summed E-state index contributed by atoms with van der Waals surface area (Å²) in [6, 6.07) is 16.8. The van der Waals surface area contributed by atoms with Crippen LogP contribution in [-0.4, -0.2) is 41.6 Å². The van der Waals surface area contributed by atoms with Crippen molar-refractivity contribution in [3.8, 4) is 0 Å². The van der Waals surface area contributed by atoms with Crippen molar-refractivity contribution in [2.24, 2.45) is 5.16 Å². The Hall–Kier alpha value is -4.32. The smallest absolute Gasteiger partial charge is 0.399 e. The highest BCUT2D eigenvalue weighted by Crippen LogP contribution is 2.36. The van der Waals surface area contributed by atoms with E-state index >= 15 is 0 Å². The van der Waals surface area contributed by atoms with E-state index in [0.29, 0.717) is 31.5 Å². The van der Waals surface area contributed by atoms with Crippen molar-refractivity contribution >= 4 is 17.7 Å². The Morgan fingerprint density at radius 1 is 0.907 bits per heavy atom. The number of oxime groups is 1. The van der Waals surface area contributed by atoms with Crippen LogP contribution in [0.15, 0.2) is 78.0 Å². The summed E-state index contributed by atoms with van der Waals surface area (Å²) in [4.78, 5) is 31.2. The molecule has 226 valence electrons. The number of nitrogens with zero attached hydrogens (tertiary/aromatic N) is 2. The number of ether oxygens (including phenoxy) is 2. The van der Waals surface area contributed by atoms with Crippen molar-refractivity contribution in [3.05, 3.63) is 107 Å². The number of carbonyl (C=O) groups excluding carboxylic acids is 2. The number of halogens is 5. The summed E-state index contributed by atoms with van der Waals surface area (Å²) in [6.45, 7) is 0.403. The SMILES string of the molecule is O=C1OC2(C/C(=N/OCc3cccc(C(F)(F)F)c3)CCN2CCCC(c2ccc(F)cc2)c2ccc(F)cc2)OC1=O. The molecule has 2 saturated heterocycles. The molecule has 0 atom stereocenters. The summed E-state index contributed by atoms with van der Waals surface area (Å²) in [5.41, 5.74) is 1.54. The van der Waals surface area contributed by atoms with Gasteiger partial charge in [-0.1, -0.05) is 41.6 Å². The molecule has 3 aromatic carbocycles. The summed E-state index contributed by atoms with van der Waals surface area (Å²) in [5, 5.41) is 4.04. The van der Waals surface area contributed by atoms with Crippen molar-refractivity contribution in [3.63, 3.8) is 0 Å². The molecule has 0 bridgehead atoms. The van der Waals surface area contributed by atoms with E-state index in [4.69, 9.17) is 14.3 Å². The summed E-state index contributed by atoms with van der Waals surface area (Å²) in [5.74, 6) is -4.96. The Kier molecular flexibility index (Phi) is 8.77. The number of carbonyl (C=O) groups is 2.